The van der Waals surface area contributed by atoms with Gasteiger partial charge in [-0.05, 0) is 0 Å². The van der Waals surface area contributed by atoms with Crippen molar-refractivity contribution in [1.82, 2.24) is 9.78 Å². The second-order valence-electron chi connectivity index (χ2n) is 3.10. The Morgan fingerprint density at radius 1 is 1.67 bits per heavy atom. The second-order valence-corrected chi connectivity index (χ2v) is 3.10. The minimum absolute atomic E-state index is 0.0141. The van der Waals surface area contributed by atoms with Gasteiger partial charge in [0, 0.05) is 19.0 Å². The molecule has 2 N–H and O–H groups in total. The van der Waals surface area contributed by atoms with Crippen LogP contribution >= 0.6 is 0 Å². The quantitative estimate of drug-likeness (QED) is 0.664. The normalized spacial score (nSPS) is 10.7. The molecule has 0 saturated carbocycles. The molecule has 1 rings (SSSR count). The molecule has 4 nitrogen and oxygen atoms in total. The van der Waals surface area contributed by atoms with E-state index in [-0.39, 0.29) is 11.7 Å². The van der Waals surface area contributed by atoms with Gasteiger partial charge in [0.2, 0.25) is 0 Å². The molecule has 0 aromatic carbocycles. The molecule has 4 heteroatoms. The lowest BCUT2D eigenvalue weighted by atomic mass is 10.1. The highest BCUT2D eigenvalue weighted by Gasteiger charge is 2.14. The molecule has 0 unspecified atom stereocenters. The summed E-state index contributed by atoms with van der Waals surface area (Å²) in [5, 5.41) is 3.89. The standard InChI is InChI=1S/C8H13N3O/c1-5(2)8(12)6-4-7(9)10-11(6)3/h4-5H,1-3H3,(H2,9,10). The van der Waals surface area contributed by atoms with E-state index >= 15 is 0 Å². The summed E-state index contributed by atoms with van der Waals surface area (Å²) in [5.41, 5.74) is 6.00. The molecule has 0 amide bonds. The van der Waals surface area contributed by atoms with E-state index in [1.54, 1.807) is 13.1 Å². The predicted molar refractivity (Wildman–Crippen MR) is 46.8 cm³/mol. The van der Waals surface area contributed by atoms with Crippen molar-refractivity contribution < 1.29 is 4.79 Å². The maximum Gasteiger partial charge on any atom is 0.183 e. The van der Waals surface area contributed by atoms with Gasteiger partial charge in [-0.1, -0.05) is 13.8 Å². The summed E-state index contributed by atoms with van der Waals surface area (Å²) in [4.78, 5) is 11.5. The molecule has 1 aromatic rings. The number of nitrogens with zero attached hydrogens (tertiary/aromatic N) is 2. The maximum absolute atomic E-state index is 11.5. The minimum atomic E-state index is -0.0141. The van der Waals surface area contributed by atoms with E-state index < -0.39 is 0 Å². The molecule has 0 aliphatic rings. The fourth-order valence-electron chi connectivity index (χ4n) is 1.02. The fourth-order valence-corrected chi connectivity index (χ4v) is 1.02. The van der Waals surface area contributed by atoms with E-state index in [1.165, 1.54) is 4.68 Å². The molecular weight excluding hydrogens is 154 g/mol. The van der Waals surface area contributed by atoms with Gasteiger partial charge in [-0.25, -0.2) is 0 Å². The van der Waals surface area contributed by atoms with Crippen molar-refractivity contribution in [2.24, 2.45) is 13.0 Å². The van der Waals surface area contributed by atoms with E-state index in [4.69, 9.17) is 5.73 Å². The molecule has 12 heavy (non-hydrogen) atoms. The third-order valence-corrected chi connectivity index (χ3v) is 1.68. The summed E-state index contributed by atoms with van der Waals surface area (Å²) in [6, 6.07) is 1.60. The zero-order chi connectivity index (χ0) is 9.30. The number of nitrogens with two attached hydrogens (primary N) is 1. The van der Waals surface area contributed by atoms with E-state index in [2.05, 4.69) is 5.10 Å². The Labute approximate surface area is 71.4 Å². The second kappa shape index (κ2) is 2.97. The first-order valence-corrected chi connectivity index (χ1v) is 3.86. The van der Waals surface area contributed by atoms with Crippen LogP contribution in [0, 0.1) is 5.92 Å². The number of hydrogen-bond donors (Lipinski definition) is 1. The van der Waals surface area contributed by atoms with E-state index in [9.17, 15) is 4.79 Å². The van der Waals surface area contributed by atoms with Crippen molar-refractivity contribution in [1.29, 1.82) is 0 Å². The van der Waals surface area contributed by atoms with Crippen molar-refractivity contribution in [2.45, 2.75) is 13.8 Å². The van der Waals surface area contributed by atoms with Gasteiger partial charge in [-0.15, -0.1) is 0 Å². The largest absolute Gasteiger partial charge is 0.382 e. The molecule has 0 atom stereocenters. The molecule has 1 heterocycles. The van der Waals surface area contributed by atoms with Gasteiger partial charge in [-0.3, -0.25) is 9.48 Å². The van der Waals surface area contributed by atoms with Gasteiger partial charge < -0.3 is 5.73 Å². The summed E-state index contributed by atoms with van der Waals surface area (Å²) in [5.74, 6) is 0.447. The SMILES string of the molecule is CC(C)C(=O)c1cc(N)nn1C. The first kappa shape index (κ1) is 8.77. The number of anilines is 1. The summed E-state index contributed by atoms with van der Waals surface area (Å²) < 4.78 is 1.51. The predicted octanol–water partition coefficient (Wildman–Crippen LogP) is 0.841. The number of carbonyl (C=O) groups excluding carboxylic acids is 1. The Hall–Kier alpha value is -1.32. The first-order valence-electron chi connectivity index (χ1n) is 3.86. The lowest BCUT2D eigenvalue weighted by Crippen LogP contribution is -2.12. The first-order chi connectivity index (χ1) is 5.52. The van der Waals surface area contributed by atoms with Crippen LogP contribution < -0.4 is 5.73 Å². The van der Waals surface area contributed by atoms with Crippen LogP contribution in [-0.4, -0.2) is 15.6 Å². The van der Waals surface area contributed by atoms with Crippen LogP contribution in [0.3, 0.4) is 0 Å². The molecule has 0 fully saturated rings. The summed E-state index contributed by atoms with van der Waals surface area (Å²) in [6.07, 6.45) is 0. The van der Waals surface area contributed by atoms with Crippen LogP contribution in [0.15, 0.2) is 6.07 Å². The average Bonchev–Trinajstić information content (AvgIpc) is 2.28. The Balaban J connectivity index is 3.02. The molecule has 66 valence electrons. The number of aromatic nitrogens is 2. The lowest BCUT2D eigenvalue weighted by Gasteiger charge is -2.02. The molecule has 0 aliphatic carbocycles. The number of rotatable bonds is 2. The highest BCUT2D eigenvalue weighted by Crippen LogP contribution is 2.10. The molecule has 0 aliphatic heterocycles. The topological polar surface area (TPSA) is 60.9 Å². The molecular formula is C8H13N3O. The Kier molecular flexibility index (Phi) is 2.17. The monoisotopic (exact) mass is 167 g/mol. The van der Waals surface area contributed by atoms with Crippen LogP contribution in [0.2, 0.25) is 0 Å². The summed E-state index contributed by atoms with van der Waals surface area (Å²) >= 11 is 0. The fraction of sp³-hybridized carbons (Fsp3) is 0.500. The van der Waals surface area contributed by atoms with E-state index in [0.717, 1.165) is 0 Å². The van der Waals surface area contributed by atoms with Crippen LogP contribution in [0.5, 0.6) is 0 Å². The zero-order valence-electron chi connectivity index (χ0n) is 7.53. The minimum Gasteiger partial charge on any atom is -0.382 e. The highest BCUT2D eigenvalue weighted by atomic mass is 16.1. The summed E-state index contributed by atoms with van der Waals surface area (Å²) in [6.45, 7) is 3.71. The third-order valence-electron chi connectivity index (χ3n) is 1.68. The van der Waals surface area contributed by atoms with Gasteiger partial charge >= 0.3 is 0 Å². The summed E-state index contributed by atoms with van der Waals surface area (Å²) in [7, 11) is 1.71. The molecule has 1 aromatic heterocycles. The zero-order valence-corrected chi connectivity index (χ0v) is 7.53. The van der Waals surface area contributed by atoms with Crippen molar-refractivity contribution in [3.8, 4) is 0 Å². The Bertz CT molecular complexity index is 301. The van der Waals surface area contributed by atoms with Crippen LogP contribution in [-0.2, 0) is 7.05 Å². The number of hydrogen-bond acceptors (Lipinski definition) is 3. The van der Waals surface area contributed by atoms with Gasteiger partial charge in [0.25, 0.3) is 0 Å². The average molecular weight is 167 g/mol. The Morgan fingerprint density at radius 3 is 2.58 bits per heavy atom. The number of Topliss-reactive ketones (excluding diaryl/α,β-unsaturated/α-hetero) is 1. The van der Waals surface area contributed by atoms with Gasteiger partial charge in [0.05, 0.1) is 0 Å². The van der Waals surface area contributed by atoms with Gasteiger partial charge in [0.1, 0.15) is 11.5 Å². The number of aryl methyl sites for hydroxylation is 1. The molecule has 0 spiro atoms. The van der Waals surface area contributed by atoms with Crippen LogP contribution in [0.25, 0.3) is 0 Å². The van der Waals surface area contributed by atoms with Crippen molar-refractivity contribution >= 4 is 11.6 Å². The molecule has 0 saturated heterocycles. The lowest BCUT2D eigenvalue weighted by molar-refractivity contribution is 0.0930. The van der Waals surface area contributed by atoms with Crippen LogP contribution in [0.4, 0.5) is 5.82 Å². The van der Waals surface area contributed by atoms with E-state index in [0.29, 0.717) is 11.5 Å². The van der Waals surface area contributed by atoms with Crippen molar-refractivity contribution in [3.05, 3.63) is 11.8 Å². The highest BCUT2D eigenvalue weighted by molar-refractivity contribution is 5.96. The maximum atomic E-state index is 11.5. The Morgan fingerprint density at radius 2 is 2.25 bits per heavy atom. The van der Waals surface area contributed by atoms with E-state index in [1.807, 2.05) is 13.8 Å². The smallest absolute Gasteiger partial charge is 0.183 e. The number of ketones is 1. The number of carbonyl (C=O) groups is 1. The number of nitrogen functional groups attached to an aromatic ring is 1. The van der Waals surface area contributed by atoms with Crippen molar-refractivity contribution in [2.75, 3.05) is 5.73 Å². The molecule has 0 bridgehead atoms. The van der Waals surface area contributed by atoms with Gasteiger partial charge in [0.15, 0.2) is 5.78 Å². The molecule has 0 radical (unpaired) electrons. The van der Waals surface area contributed by atoms with Crippen molar-refractivity contribution in [3.63, 3.8) is 0 Å². The van der Waals surface area contributed by atoms with Crippen LogP contribution in [0.1, 0.15) is 24.3 Å². The third kappa shape index (κ3) is 1.47. The van der Waals surface area contributed by atoms with Gasteiger partial charge in [-0.2, -0.15) is 5.10 Å².